The van der Waals surface area contributed by atoms with E-state index in [1.54, 1.807) is 0 Å². The summed E-state index contributed by atoms with van der Waals surface area (Å²) in [6.07, 6.45) is 6.65. The number of hydrogen-bond donors (Lipinski definition) is 1. The third-order valence-electron chi connectivity index (χ3n) is 4.99. The van der Waals surface area contributed by atoms with Crippen molar-refractivity contribution in [3.05, 3.63) is 34.9 Å². The number of hydrogen-bond acceptors (Lipinski definition) is 2. The molecule has 1 atom stereocenters. The number of rotatable bonds is 3. The summed E-state index contributed by atoms with van der Waals surface area (Å²) in [4.78, 5) is 14.4. The minimum atomic E-state index is 0.0688. The summed E-state index contributed by atoms with van der Waals surface area (Å²) in [6.45, 7) is 5.65. The highest BCUT2D eigenvalue weighted by Gasteiger charge is 2.34. The quantitative estimate of drug-likeness (QED) is 0.924. The highest BCUT2D eigenvalue weighted by atomic mass is 16.2. The van der Waals surface area contributed by atoms with Gasteiger partial charge in [-0.1, -0.05) is 43.0 Å². The zero-order valence-electron chi connectivity index (χ0n) is 13.2. The predicted molar refractivity (Wildman–Crippen MR) is 84.9 cm³/mol. The van der Waals surface area contributed by atoms with Crippen LogP contribution in [0.4, 0.5) is 0 Å². The third kappa shape index (κ3) is 3.13. The Balaban J connectivity index is 1.79. The van der Waals surface area contributed by atoms with E-state index in [4.69, 9.17) is 0 Å². The molecule has 1 aliphatic carbocycles. The average Bonchev–Trinajstić information content (AvgIpc) is 2.84. The zero-order chi connectivity index (χ0) is 14.8. The topological polar surface area (TPSA) is 32.3 Å². The standard InChI is InChI=1S/C18H26N2O/c1-13-8-9-14(2)16(10-13)18-19-11-17(21)20(18)12-15-6-4-3-5-7-15/h8-10,15,18-19H,3-7,11-12H2,1-2H3. The molecule has 1 saturated carbocycles. The minimum Gasteiger partial charge on any atom is -0.322 e. The largest absolute Gasteiger partial charge is 0.322 e. The number of nitrogens with zero attached hydrogens (tertiary/aromatic N) is 1. The molecule has 1 amide bonds. The molecule has 114 valence electrons. The van der Waals surface area contributed by atoms with E-state index in [9.17, 15) is 4.79 Å². The molecule has 1 aliphatic heterocycles. The van der Waals surface area contributed by atoms with E-state index < -0.39 is 0 Å². The van der Waals surface area contributed by atoms with Crippen molar-refractivity contribution in [3.63, 3.8) is 0 Å². The maximum Gasteiger partial charge on any atom is 0.238 e. The fourth-order valence-corrected chi connectivity index (χ4v) is 3.73. The van der Waals surface area contributed by atoms with Crippen molar-refractivity contribution >= 4 is 5.91 Å². The molecule has 0 aromatic heterocycles. The van der Waals surface area contributed by atoms with Crippen LogP contribution < -0.4 is 5.32 Å². The molecule has 1 aromatic rings. The SMILES string of the molecule is Cc1ccc(C)c(C2NCC(=O)N2CC2CCCCC2)c1. The predicted octanol–water partition coefficient (Wildman–Crippen LogP) is 3.31. The second kappa shape index (κ2) is 6.18. The molecule has 1 heterocycles. The van der Waals surface area contributed by atoms with E-state index in [2.05, 4.69) is 42.3 Å². The van der Waals surface area contributed by atoms with Crippen molar-refractivity contribution in [1.82, 2.24) is 10.2 Å². The van der Waals surface area contributed by atoms with Gasteiger partial charge in [0, 0.05) is 6.54 Å². The van der Waals surface area contributed by atoms with Crippen LogP contribution in [0.25, 0.3) is 0 Å². The molecule has 3 nitrogen and oxygen atoms in total. The molecular weight excluding hydrogens is 260 g/mol. The molecule has 1 unspecified atom stereocenters. The normalized spacial score (nSPS) is 23.8. The summed E-state index contributed by atoms with van der Waals surface area (Å²) in [7, 11) is 0. The van der Waals surface area contributed by atoms with Crippen LogP contribution in [0.2, 0.25) is 0 Å². The minimum absolute atomic E-state index is 0.0688. The van der Waals surface area contributed by atoms with Gasteiger partial charge in [0.25, 0.3) is 0 Å². The second-order valence-electron chi connectivity index (χ2n) is 6.69. The fraction of sp³-hybridized carbons (Fsp3) is 0.611. The average molecular weight is 286 g/mol. The molecule has 0 bridgehead atoms. The number of benzene rings is 1. The van der Waals surface area contributed by atoms with Gasteiger partial charge in [-0.2, -0.15) is 0 Å². The lowest BCUT2D eigenvalue weighted by atomic mass is 9.88. The van der Waals surface area contributed by atoms with Crippen molar-refractivity contribution in [2.75, 3.05) is 13.1 Å². The van der Waals surface area contributed by atoms with E-state index >= 15 is 0 Å². The van der Waals surface area contributed by atoms with E-state index in [-0.39, 0.29) is 12.1 Å². The van der Waals surface area contributed by atoms with Gasteiger partial charge in [0.05, 0.1) is 6.54 Å². The van der Waals surface area contributed by atoms with Crippen LogP contribution in [-0.4, -0.2) is 23.9 Å². The summed E-state index contributed by atoms with van der Waals surface area (Å²) in [5.41, 5.74) is 3.78. The summed E-state index contributed by atoms with van der Waals surface area (Å²) >= 11 is 0. The van der Waals surface area contributed by atoms with Crippen LogP contribution in [0.1, 0.15) is 55.0 Å². The Labute approximate surface area is 127 Å². The van der Waals surface area contributed by atoms with Crippen LogP contribution in [0.5, 0.6) is 0 Å². The van der Waals surface area contributed by atoms with Crippen LogP contribution in [0, 0.1) is 19.8 Å². The second-order valence-corrected chi connectivity index (χ2v) is 6.69. The fourth-order valence-electron chi connectivity index (χ4n) is 3.73. The molecule has 2 aliphatic rings. The van der Waals surface area contributed by atoms with Gasteiger partial charge in [0.15, 0.2) is 0 Å². The third-order valence-corrected chi connectivity index (χ3v) is 4.99. The van der Waals surface area contributed by atoms with E-state index in [1.165, 1.54) is 48.8 Å². The van der Waals surface area contributed by atoms with Crippen molar-refractivity contribution in [3.8, 4) is 0 Å². The van der Waals surface area contributed by atoms with Crippen molar-refractivity contribution in [2.45, 2.75) is 52.1 Å². The number of carbonyl (C=O) groups excluding carboxylic acids is 1. The van der Waals surface area contributed by atoms with Gasteiger partial charge in [0.2, 0.25) is 5.91 Å². The molecule has 21 heavy (non-hydrogen) atoms. The van der Waals surface area contributed by atoms with Gasteiger partial charge in [-0.15, -0.1) is 0 Å². The Morgan fingerprint density at radius 3 is 2.71 bits per heavy atom. The van der Waals surface area contributed by atoms with Crippen molar-refractivity contribution < 1.29 is 4.79 Å². The molecule has 2 fully saturated rings. The molecule has 1 saturated heterocycles. The summed E-state index contributed by atoms with van der Waals surface area (Å²) < 4.78 is 0. The molecule has 0 spiro atoms. The molecular formula is C18H26N2O. The first-order chi connectivity index (χ1) is 10.1. The van der Waals surface area contributed by atoms with Crippen LogP contribution in [-0.2, 0) is 4.79 Å². The maximum atomic E-state index is 12.3. The maximum absolute atomic E-state index is 12.3. The summed E-state index contributed by atoms with van der Waals surface area (Å²) in [5.74, 6) is 0.946. The monoisotopic (exact) mass is 286 g/mol. The Morgan fingerprint density at radius 1 is 1.19 bits per heavy atom. The molecule has 3 rings (SSSR count). The van der Waals surface area contributed by atoms with Crippen molar-refractivity contribution in [1.29, 1.82) is 0 Å². The number of aryl methyl sites for hydroxylation is 2. The zero-order valence-corrected chi connectivity index (χ0v) is 13.2. The highest BCUT2D eigenvalue weighted by Crippen LogP contribution is 2.30. The summed E-state index contributed by atoms with van der Waals surface area (Å²) in [6, 6.07) is 6.52. The first-order valence-corrected chi connectivity index (χ1v) is 8.25. The Hall–Kier alpha value is -1.35. The number of amides is 1. The van der Waals surface area contributed by atoms with Crippen LogP contribution in [0.3, 0.4) is 0 Å². The molecule has 1 aromatic carbocycles. The lowest BCUT2D eigenvalue weighted by Crippen LogP contribution is -2.35. The Bertz CT molecular complexity index is 520. The Morgan fingerprint density at radius 2 is 1.95 bits per heavy atom. The first-order valence-electron chi connectivity index (χ1n) is 8.25. The van der Waals surface area contributed by atoms with Gasteiger partial charge >= 0.3 is 0 Å². The van der Waals surface area contributed by atoms with Gasteiger partial charge in [-0.25, -0.2) is 0 Å². The summed E-state index contributed by atoms with van der Waals surface area (Å²) in [5, 5.41) is 3.41. The lowest BCUT2D eigenvalue weighted by Gasteiger charge is -2.31. The van der Waals surface area contributed by atoms with E-state index in [0.717, 1.165) is 6.54 Å². The molecule has 3 heteroatoms. The Kier molecular flexibility index (Phi) is 4.29. The van der Waals surface area contributed by atoms with Crippen LogP contribution in [0.15, 0.2) is 18.2 Å². The lowest BCUT2D eigenvalue weighted by molar-refractivity contribution is -0.128. The van der Waals surface area contributed by atoms with E-state index in [0.29, 0.717) is 12.5 Å². The highest BCUT2D eigenvalue weighted by molar-refractivity contribution is 5.81. The number of carbonyl (C=O) groups is 1. The van der Waals surface area contributed by atoms with E-state index in [1.807, 2.05) is 0 Å². The first kappa shape index (κ1) is 14.6. The van der Waals surface area contributed by atoms with Gasteiger partial charge in [-0.05, 0) is 43.7 Å². The molecule has 0 radical (unpaired) electrons. The smallest absolute Gasteiger partial charge is 0.238 e. The van der Waals surface area contributed by atoms with Gasteiger partial charge < -0.3 is 4.90 Å². The van der Waals surface area contributed by atoms with Crippen molar-refractivity contribution in [2.24, 2.45) is 5.92 Å². The van der Waals surface area contributed by atoms with Gasteiger partial charge in [0.1, 0.15) is 6.17 Å². The molecule has 1 N–H and O–H groups in total. The van der Waals surface area contributed by atoms with Crippen LogP contribution >= 0.6 is 0 Å². The van der Waals surface area contributed by atoms with Gasteiger partial charge in [-0.3, -0.25) is 10.1 Å². The number of nitrogens with one attached hydrogen (secondary N) is 1.